The maximum absolute atomic E-state index is 11.9. The number of carboxylic acids is 1. The Morgan fingerprint density at radius 1 is 1.19 bits per heavy atom. The van der Waals surface area contributed by atoms with Crippen LogP contribution < -0.4 is 5.32 Å². The summed E-state index contributed by atoms with van der Waals surface area (Å²) >= 11 is 6.01. The minimum atomic E-state index is -1.14. The molecule has 0 amide bonds. The van der Waals surface area contributed by atoms with E-state index in [1.807, 2.05) is 37.3 Å². The van der Waals surface area contributed by atoms with Crippen molar-refractivity contribution in [3.63, 3.8) is 0 Å². The fraction of sp³-hybridized carbons (Fsp3) is 0.235. The van der Waals surface area contributed by atoms with E-state index in [0.717, 1.165) is 5.56 Å². The topological polar surface area (TPSA) is 49.3 Å². The van der Waals surface area contributed by atoms with Gasteiger partial charge in [-0.2, -0.15) is 0 Å². The third-order valence-corrected chi connectivity index (χ3v) is 3.89. The maximum Gasteiger partial charge on any atom is 0.328 e. The van der Waals surface area contributed by atoms with E-state index >= 15 is 0 Å². The van der Waals surface area contributed by atoms with E-state index in [2.05, 4.69) is 5.32 Å². The third kappa shape index (κ3) is 3.43. The number of aliphatic carboxylic acids is 1. The van der Waals surface area contributed by atoms with Crippen LogP contribution in [0.2, 0.25) is 5.02 Å². The predicted octanol–water partition coefficient (Wildman–Crippen LogP) is 3.82. The van der Waals surface area contributed by atoms with E-state index in [0.29, 0.717) is 23.6 Å². The molecule has 0 radical (unpaired) electrons. The SMILES string of the molecule is CCC(NCc1ccccc1)(C(=O)O)c1cccc(Cl)c1. The summed E-state index contributed by atoms with van der Waals surface area (Å²) in [6.45, 7) is 2.33. The van der Waals surface area contributed by atoms with Gasteiger partial charge in [0, 0.05) is 11.6 Å². The van der Waals surface area contributed by atoms with Crippen LogP contribution in [0.1, 0.15) is 24.5 Å². The molecule has 2 aromatic carbocycles. The lowest BCUT2D eigenvalue weighted by molar-refractivity contribution is -0.145. The molecule has 0 saturated heterocycles. The van der Waals surface area contributed by atoms with Crippen LogP contribution in [0.5, 0.6) is 0 Å². The van der Waals surface area contributed by atoms with Gasteiger partial charge in [0.15, 0.2) is 0 Å². The van der Waals surface area contributed by atoms with Gasteiger partial charge in [0.05, 0.1) is 0 Å². The molecule has 0 heterocycles. The summed E-state index contributed by atoms with van der Waals surface area (Å²) in [6.07, 6.45) is 0.426. The Kier molecular flexibility index (Phi) is 4.99. The Hall–Kier alpha value is -1.84. The number of carbonyl (C=O) groups is 1. The van der Waals surface area contributed by atoms with Crippen LogP contribution in [-0.2, 0) is 16.9 Å². The highest BCUT2D eigenvalue weighted by molar-refractivity contribution is 6.30. The summed E-state index contributed by atoms with van der Waals surface area (Å²) < 4.78 is 0. The van der Waals surface area contributed by atoms with Gasteiger partial charge in [-0.25, -0.2) is 4.79 Å². The van der Waals surface area contributed by atoms with E-state index in [9.17, 15) is 9.90 Å². The van der Waals surface area contributed by atoms with Crippen molar-refractivity contribution in [2.24, 2.45) is 0 Å². The van der Waals surface area contributed by atoms with Gasteiger partial charge in [-0.3, -0.25) is 5.32 Å². The van der Waals surface area contributed by atoms with Crippen LogP contribution >= 0.6 is 11.6 Å². The van der Waals surface area contributed by atoms with E-state index in [1.54, 1.807) is 24.3 Å². The molecule has 21 heavy (non-hydrogen) atoms. The second kappa shape index (κ2) is 6.74. The van der Waals surface area contributed by atoms with Gasteiger partial charge in [-0.05, 0) is 29.7 Å². The summed E-state index contributed by atoms with van der Waals surface area (Å²) in [7, 11) is 0. The Morgan fingerprint density at radius 3 is 2.48 bits per heavy atom. The molecule has 2 N–H and O–H groups in total. The number of rotatable bonds is 6. The molecule has 0 spiro atoms. The Bertz CT molecular complexity index is 615. The first kappa shape index (κ1) is 15.5. The minimum Gasteiger partial charge on any atom is -0.480 e. The molecule has 0 fully saturated rings. The van der Waals surface area contributed by atoms with Crippen molar-refractivity contribution in [2.75, 3.05) is 0 Å². The fourth-order valence-electron chi connectivity index (χ4n) is 2.38. The number of halogens is 1. The average molecular weight is 304 g/mol. The highest BCUT2D eigenvalue weighted by Crippen LogP contribution is 2.28. The first-order valence-electron chi connectivity index (χ1n) is 6.87. The van der Waals surface area contributed by atoms with Gasteiger partial charge in [0.1, 0.15) is 5.54 Å². The van der Waals surface area contributed by atoms with Crippen LogP contribution in [0.4, 0.5) is 0 Å². The van der Waals surface area contributed by atoms with E-state index in [-0.39, 0.29) is 0 Å². The lowest BCUT2D eigenvalue weighted by atomic mass is 9.87. The van der Waals surface area contributed by atoms with E-state index in [1.165, 1.54) is 0 Å². The second-order valence-electron chi connectivity index (χ2n) is 4.91. The molecule has 4 heteroatoms. The van der Waals surface area contributed by atoms with Gasteiger partial charge < -0.3 is 5.11 Å². The van der Waals surface area contributed by atoms with Crippen molar-refractivity contribution in [3.05, 3.63) is 70.7 Å². The van der Waals surface area contributed by atoms with Crippen molar-refractivity contribution in [1.29, 1.82) is 0 Å². The predicted molar refractivity (Wildman–Crippen MR) is 84.3 cm³/mol. The molecule has 0 bridgehead atoms. The highest BCUT2D eigenvalue weighted by atomic mass is 35.5. The van der Waals surface area contributed by atoms with Crippen LogP contribution in [-0.4, -0.2) is 11.1 Å². The molecular weight excluding hydrogens is 286 g/mol. The number of benzene rings is 2. The third-order valence-electron chi connectivity index (χ3n) is 3.65. The van der Waals surface area contributed by atoms with Gasteiger partial charge in [0.2, 0.25) is 0 Å². The summed E-state index contributed by atoms with van der Waals surface area (Å²) in [5.41, 5.74) is 0.570. The number of hydrogen-bond acceptors (Lipinski definition) is 2. The molecule has 0 aliphatic carbocycles. The van der Waals surface area contributed by atoms with Crippen molar-refractivity contribution in [3.8, 4) is 0 Å². The van der Waals surface area contributed by atoms with Crippen LogP contribution in [0, 0.1) is 0 Å². The first-order valence-corrected chi connectivity index (χ1v) is 7.24. The first-order chi connectivity index (χ1) is 10.1. The Morgan fingerprint density at radius 2 is 1.90 bits per heavy atom. The largest absolute Gasteiger partial charge is 0.480 e. The zero-order chi connectivity index (χ0) is 15.3. The standard InChI is InChI=1S/C17H18ClNO2/c1-2-17(16(20)21,14-9-6-10-15(18)11-14)19-12-13-7-4-3-5-8-13/h3-11,19H,2,12H2,1H3,(H,20,21). The lowest BCUT2D eigenvalue weighted by Crippen LogP contribution is -2.48. The van der Waals surface area contributed by atoms with Crippen LogP contribution in [0.25, 0.3) is 0 Å². The Balaban J connectivity index is 2.31. The zero-order valence-corrected chi connectivity index (χ0v) is 12.6. The summed E-state index contributed by atoms with van der Waals surface area (Å²) in [4.78, 5) is 11.9. The smallest absolute Gasteiger partial charge is 0.328 e. The van der Waals surface area contributed by atoms with Crippen LogP contribution in [0.15, 0.2) is 54.6 Å². The summed E-state index contributed by atoms with van der Waals surface area (Å²) in [6, 6.07) is 16.7. The van der Waals surface area contributed by atoms with Gasteiger partial charge in [0.25, 0.3) is 0 Å². The zero-order valence-electron chi connectivity index (χ0n) is 11.8. The molecule has 1 atom stereocenters. The maximum atomic E-state index is 11.9. The van der Waals surface area contributed by atoms with E-state index < -0.39 is 11.5 Å². The monoisotopic (exact) mass is 303 g/mol. The van der Waals surface area contributed by atoms with Gasteiger partial charge in [-0.1, -0.05) is 61.0 Å². The van der Waals surface area contributed by atoms with E-state index in [4.69, 9.17) is 11.6 Å². The summed E-state index contributed by atoms with van der Waals surface area (Å²) in [5, 5.41) is 13.5. The van der Waals surface area contributed by atoms with Crippen molar-refractivity contribution in [1.82, 2.24) is 5.32 Å². The highest BCUT2D eigenvalue weighted by Gasteiger charge is 2.38. The average Bonchev–Trinajstić information content (AvgIpc) is 2.49. The van der Waals surface area contributed by atoms with Gasteiger partial charge >= 0.3 is 5.97 Å². The molecule has 0 saturated carbocycles. The van der Waals surface area contributed by atoms with Crippen molar-refractivity contribution >= 4 is 17.6 Å². The molecular formula is C17H18ClNO2. The molecule has 0 aliphatic heterocycles. The number of carboxylic acid groups (broad SMARTS) is 1. The molecule has 1 unspecified atom stereocenters. The van der Waals surface area contributed by atoms with Gasteiger partial charge in [-0.15, -0.1) is 0 Å². The number of nitrogens with one attached hydrogen (secondary N) is 1. The molecule has 0 aromatic heterocycles. The number of hydrogen-bond donors (Lipinski definition) is 2. The summed E-state index contributed by atoms with van der Waals surface area (Å²) in [5.74, 6) is -0.900. The Labute approximate surface area is 129 Å². The lowest BCUT2D eigenvalue weighted by Gasteiger charge is -2.30. The quantitative estimate of drug-likeness (QED) is 0.853. The van der Waals surface area contributed by atoms with Crippen molar-refractivity contribution in [2.45, 2.75) is 25.4 Å². The molecule has 2 aromatic rings. The molecule has 3 nitrogen and oxygen atoms in total. The normalized spacial score (nSPS) is 13.6. The minimum absolute atomic E-state index is 0.426. The molecule has 0 aliphatic rings. The van der Waals surface area contributed by atoms with Crippen LogP contribution in [0.3, 0.4) is 0 Å². The second-order valence-corrected chi connectivity index (χ2v) is 5.35. The fourth-order valence-corrected chi connectivity index (χ4v) is 2.57. The van der Waals surface area contributed by atoms with Crippen molar-refractivity contribution < 1.29 is 9.90 Å². The molecule has 2 rings (SSSR count). The molecule has 110 valence electrons.